The van der Waals surface area contributed by atoms with E-state index in [1.165, 1.54) is 0 Å². The van der Waals surface area contributed by atoms with Gasteiger partial charge in [-0.15, -0.1) is 0 Å². The fraction of sp³-hybridized carbons (Fsp3) is 0.500. The zero-order valence-corrected chi connectivity index (χ0v) is 13.1. The summed E-state index contributed by atoms with van der Waals surface area (Å²) in [5, 5.41) is 11.5. The Labute approximate surface area is 127 Å². The van der Waals surface area contributed by atoms with E-state index in [-0.39, 0.29) is 5.54 Å². The summed E-state index contributed by atoms with van der Waals surface area (Å²) in [5.74, 6) is 0.435. The summed E-state index contributed by atoms with van der Waals surface area (Å²) in [6, 6.07) is 5.53. The number of nitrogens with one attached hydrogen (secondary N) is 1. The fourth-order valence-corrected chi connectivity index (χ4v) is 3.22. The third-order valence-electron chi connectivity index (χ3n) is 3.64. The Morgan fingerprint density at radius 3 is 2.76 bits per heavy atom. The minimum Gasteiger partial charge on any atom is -0.616 e. The number of hydrogen-bond donors (Lipinski definition) is 3. The largest absolute Gasteiger partial charge is 0.616 e. The van der Waals surface area contributed by atoms with Gasteiger partial charge in [0.25, 0.3) is 0 Å². The number of amides is 1. The maximum absolute atomic E-state index is 11.5. The summed E-state index contributed by atoms with van der Waals surface area (Å²) in [7, 11) is 1.91. The van der Waals surface area contributed by atoms with Gasteiger partial charge in [0.05, 0.1) is 11.8 Å². The molecule has 0 saturated heterocycles. The molecule has 6 nitrogen and oxygen atoms in total. The highest BCUT2D eigenvalue weighted by atomic mass is 32.2. The maximum Gasteiger partial charge on any atom is 0.405 e. The number of likely N-dealkylation sites (N-methyl/N-ethyl adjacent to an activating group) is 1. The highest BCUT2D eigenvalue weighted by Crippen LogP contribution is 2.37. The lowest BCUT2D eigenvalue weighted by atomic mass is 10.1. The molecular formula is C14H21N3O3S. The molecule has 1 saturated carbocycles. The lowest BCUT2D eigenvalue weighted by Gasteiger charge is -2.27. The van der Waals surface area contributed by atoms with E-state index in [0.29, 0.717) is 18.0 Å². The highest BCUT2D eigenvalue weighted by Gasteiger charge is 2.45. The van der Waals surface area contributed by atoms with Crippen LogP contribution in [-0.4, -0.2) is 41.1 Å². The first-order valence-corrected chi connectivity index (χ1v) is 8.45. The van der Waals surface area contributed by atoms with Crippen LogP contribution in [-0.2, 0) is 16.9 Å². The van der Waals surface area contributed by atoms with Gasteiger partial charge in [0, 0.05) is 30.5 Å². The van der Waals surface area contributed by atoms with Gasteiger partial charge >= 0.3 is 6.09 Å². The summed E-state index contributed by atoms with van der Waals surface area (Å²) in [4.78, 5) is 12.8. The molecule has 1 atom stereocenters. The number of carbonyl (C=O) groups is 1. The van der Waals surface area contributed by atoms with Crippen molar-refractivity contribution >= 4 is 28.6 Å². The van der Waals surface area contributed by atoms with Crippen molar-refractivity contribution in [3.8, 4) is 0 Å². The molecule has 0 spiro atoms. The first kappa shape index (κ1) is 15.8. The lowest BCUT2D eigenvalue weighted by Crippen LogP contribution is -2.44. The zero-order valence-electron chi connectivity index (χ0n) is 12.3. The Hall–Kier alpha value is -1.60. The molecule has 1 fully saturated rings. The van der Waals surface area contributed by atoms with E-state index in [2.05, 4.69) is 5.32 Å². The van der Waals surface area contributed by atoms with Gasteiger partial charge < -0.3 is 25.6 Å². The van der Waals surface area contributed by atoms with Crippen LogP contribution in [0.15, 0.2) is 18.2 Å². The molecule has 1 unspecified atom stereocenters. The van der Waals surface area contributed by atoms with Crippen LogP contribution >= 0.6 is 0 Å². The topological polar surface area (TPSA) is 102 Å². The van der Waals surface area contributed by atoms with E-state index in [9.17, 15) is 9.35 Å². The van der Waals surface area contributed by atoms with Gasteiger partial charge in [-0.05, 0) is 31.0 Å². The van der Waals surface area contributed by atoms with E-state index >= 15 is 0 Å². The Bertz CT molecular complexity index is 532. The molecule has 7 heteroatoms. The van der Waals surface area contributed by atoms with E-state index in [4.69, 9.17) is 10.8 Å². The monoisotopic (exact) mass is 311 g/mol. The van der Waals surface area contributed by atoms with Crippen LogP contribution in [0.1, 0.15) is 18.4 Å². The molecule has 1 aliphatic rings. The third-order valence-corrected chi connectivity index (χ3v) is 4.36. The molecule has 0 heterocycles. The van der Waals surface area contributed by atoms with Crippen molar-refractivity contribution in [2.45, 2.75) is 24.1 Å². The number of rotatable bonds is 6. The maximum atomic E-state index is 11.5. The molecule has 0 aliphatic heterocycles. The zero-order chi connectivity index (χ0) is 15.6. The molecule has 1 aromatic rings. The second-order valence-corrected chi connectivity index (χ2v) is 7.11. The quantitative estimate of drug-likeness (QED) is 0.544. The minimum atomic E-state index is -0.993. The SMILES string of the molecule is CN(CC1(NC(=O)O)CC1)c1ccc(N)cc1C[S+](C)[O-]. The van der Waals surface area contributed by atoms with Crippen LogP contribution in [0.3, 0.4) is 0 Å². The molecule has 21 heavy (non-hydrogen) atoms. The van der Waals surface area contributed by atoms with Gasteiger partial charge in [-0.2, -0.15) is 0 Å². The van der Waals surface area contributed by atoms with Crippen molar-refractivity contribution < 1.29 is 14.5 Å². The first-order valence-electron chi connectivity index (χ1n) is 6.72. The molecule has 0 aromatic heterocycles. The Kier molecular flexibility index (Phi) is 4.53. The van der Waals surface area contributed by atoms with Crippen LogP contribution in [0.2, 0.25) is 0 Å². The van der Waals surface area contributed by atoms with Crippen LogP contribution in [0.4, 0.5) is 16.2 Å². The predicted octanol–water partition coefficient (Wildman–Crippen LogP) is 1.38. The van der Waals surface area contributed by atoms with Crippen molar-refractivity contribution in [2.24, 2.45) is 0 Å². The molecule has 1 amide bonds. The number of nitrogen functional groups attached to an aromatic ring is 1. The summed E-state index contributed by atoms with van der Waals surface area (Å²) in [6.45, 7) is 0.590. The van der Waals surface area contributed by atoms with E-state index in [1.54, 1.807) is 12.3 Å². The smallest absolute Gasteiger partial charge is 0.405 e. The first-order chi connectivity index (χ1) is 9.81. The van der Waals surface area contributed by atoms with E-state index in [1.807, 2.05) is 24.1 Å². The Morgan fingerprint density at radius 1 is 1.57 bits per heavy atom. The fourth-order valence-electron chi connectivity index (χ4n) is 2.55. The van der Waals surface area contributed by atoms with Crippen molar-refractivity contribution in [3.63, 3.8) is 0 Å². The van der Waals surface area contributed by atoms with Crippen molar-refractivity contribution in [1.29, 1.82) is 0 Å². The van der Waals surface area contributed by atoms with Gasteiger partial charge in [-0.1, -0.05) is 11.2 Å². The van der Waals surface area contributed by atoms with Gasteiger partial charge in [-0.3, -0.25) is 0 Å². The molecule has 0 radical (unpaired) electrons. The van der Waals surface area contributed by atoms with Crippen molar-refractivity contribution in [1.82, 2.24) is 5.32 Å². The van der Waals surface area contributed by atoms with Crippen LogP contribution < -0.4 is 16.0 Å². The van der Waals surface area contributed by atoms with E-state index < -0.39 is 17.3 Å². The predicted molar refractivity (Wildman–Crippen MR) is 85.0 cm³/mol. The highest BCUT2D eigenvalue weighted by molar-refractivity contribution is 7.89. The van der Waals surface area contributed by atoms with Gasteiger partial charge in [0.15, 0.2) is 0 Å². The molecular weight excluding hydrogens is 290 g/mol. The average molecular weight is 311 g/mol. The minimum absolute atomic E-state index is 0.357. The third kappa shape index (κ3) is 4.18. The van der Waals surface area contributed by atoms with Crippen molar-refractivity contribution in [3.05, 3.63) is 23.8 Å². The lowest BCUT2D eigenvalue weighted by molar-refractivity contribution is 0.188. The Morgan fingerprint density at radius 2 is 2.24 bits per heavy atom. The standard InChI is InChI=1S/C14H21N3O3S/c1-17(9-14(5-6-14)16-13(18)19)12-4-3-11(15)7-10(12)8-21(2)20/h3-4,7,16H,5-6,8-9,15H2,1-2H3,(H,18,19). The number of hydrogen-bond acceptors (Lipinski definition) is 4. The van der Waals surface area contributed by atoms with Crippen LogP contribution in [0.5, 0.6) is 0 Å². The van der Waals surface area contributed by atoms with E-state index in [0.717, 1.165) is 24.1 Å². The molecule has 0 bridgehead atoms. The summed E-state index contributed by atoms with van der Waals surface area (Å²) >= 11 is -0.960. The average Bonchev–Trinajstić information content (AvgIpc) is 3.06. The summed E-state index contributed by atoms with van der Waals surface area (Å²) in [6.07, 6.45) is 2.34. The second kappa shape index (κ2) is 6.03. The number of benzene rings is 1. The molecule has 116 valence electrons. The molecule has 1 aromatic carbocycles. The van der Waals surface area contributed by atoms with Crippen molar-refractivity contribution in [2.75, 3.05) is 30.5 Å². The molecule has 1 aliphatic carbocycles. The van der Waals surface area contributed by atoms with Gasteiger partial charge in [0.2, 0.25) is 0 Å². The van der Waals surface area contributed by atoms with Crippen LogP contribution in [0.25, 0.3) is 0 Å². The summed E-state index contributed by atoms with van der Waals surface area (Å²) in [5.41, 5.74) is 7.94. The molecule has 4 N–H and O–H groups in total. The number of carboxylic acid groups (broad SMARTS) is 1. The van der Waals surface area contributed by atoms with Crippen LogP contribution in [0, 0.1) is 0 Å². The second-order valence-electron chi connectivity index (χ2n) is 5.67. The normalized spacial score (nSPS) is 17.1. The van der Waals surface area contributed by atoms with Gasteiger partial charge in [0.1, 0.15) is 5.75 Å². The van der Waals surface area contributed by atoms with Gasteiger partial charge in [-0.25, -0.2) is 4.79 Å². The molecule has 2 rings (SSSR count). The number of nitrogens with two attached hydrogens (primary N) is 1. The summed E-state index contributed by atoms with van der Waals surface area (Å²) < 4.78 is 11.5. The Balaban J connectivity index is 2.15. The number of nitrogens with zero attached hydrogens (tertiary/aromatic N) is 1. The number of anilines is 2.